The normalized spacial score (nSPS) is 10.2. The van der Waals surface area contributed by atoms with Crippen LogP contribution in [0.1, 0.15) is 19.6 Å². The Morgan fingerprint density at radius 1 is 1.60 bits per heavy atom. The van der Waals surface area contributed by atoms with E-state index in [4.69, 9.17) is 0 Å². The average molecular weight is 238 g/mol. The highest BCUT2D eigenvalue weighted by molar-refractivity contribution is 7.12. The van der Waals surface area contributed by atoms with Gasteiger partial charge in [-0.1, -0.05) is 6.07 Å². The molecule has 1 amide bonds. The van der Waals surface area contributed by atoms with Crippen LogP contribution in [0, 0.1) is 6.92 Å². The van der Waals surface area contributed by atoms with Gasteiger partial charge in [0, 0.05) is 11.1 Å². The van der Waals surface area contributed by atoms with Crippen LogP contribution in [0.2, 0.25) is 0 Å². The second-order valence-corrected chi connectivity index (χ2v) is 5.27. The molecule has 0 bridgehead atoms. The minimum atomic E-state index is -0.0175. The molecular formula is C10H10N2OS2. The summed E-state index contributed by atoms with van der Waals surface area (Å²) < 4.78 is 0. The number of nitrogens with one attached hydrogen (secondary N) is 1. The van der Waals surface area contributed by atoms with Crippen molar-refractivity contribution in [3.8, 4) is 0 Å². The second kappa shape index (κ2) is 4.55. The summed E-state index contributed by atoms with van der Waals surface area (Å²) in [5, 5.41) is 5.77. The lowest BCUT2D eigenvalue weighted by Crippen LogP contribution is -2.21. The zero-order chi connectivity index (χ0) is 10.7. The van der Waals surface area contributed by atoms with Crippen molar-refractivity contribution in [3.05, 3.63) is 38.5 Å². The minimum Gasteiger partial charge on any atom is -0.346 e. The Bertz CT molecular complexity index is 448. The molecule has 2 aromatic rings. The smallest absolute Gasteiger partial charge is 0.261 e. The lowest BCUT2D eigenvalue weighted by atomic mass is 10.4. The van der Waals surface area contributed by atoms with E-state index in [0.29, 0.717) is 6.54 Å². The number of thiazole rings is 1. The molecular weight excluding hydrogens is 228 g/mol. The van der Waals surface area contributed by atoms with E-state index >= 15 is 0 Å². The molecule has 0 aromatic carbocycles. The number of aromatic nitrogens is 1. The van der Waals surface area contributed by atoms with Gasteiger partial charge in [0.2, 0.25) is 0 Å². The van der Waals surface area contributed by atoms with Crippen molar-refractivity contribution in [1.29, 1.82) is 0 Å². The fraction of sp³-hybridized carbons (Fsp3) is 0.200. The molecule has 0 aliphatic carbocycles. The first-order chi connectivity index (χ1) is 7.25. The van der Waals surface area contributed by atoms with Crippen molar-refractivity contribution in [3.63, 3.8) is 0 Å². The number of rotatable bonds is 3. The molecule has 15 heavy (non-hydrogen) atoms. The first kappa shape index (κ1) is 10.3. The molecule has 0 radical (unpaired) electrons. The summed E-state index contributed by atoms with van der Waals surface area (Å²) in [6.45, 7) is 2.51. The number of hydrogen-bond donors (Lipinski definition) is 1. The summed E-state index contributed by atoms with van der Waals surface area (Å²) in [5.41, 5.74) is 0. The second-order valence-electron chi connectivity index (χ2n) is 3.01. The topological polar surface area (TPSA) is 42.0 Å². The van der Waals surface area contributed by atoms with Gasteiger partial charge in [-0.05, 0) is 18.4 Å². The molecule has 0 saturated heterocycles. The summed E-state index contributed by atoms with van der Waals surface area (Å²) in [6.07, 6.45) is 1.80. The summed E-state index contributed by atoms with van der Waals surface area (Å²) in [5.74, 6) is -0.0175. The molecule has 5 heteroatoms. The zero-order valence-corrected chi connectivity index (χ0v) is 9.82. The number of amides is 1. The highest BCUT2D eigenvalue weighted by Crippen LogP contribution is 2.12. The number of carbonyl (C=O) groups is 1. The molecule has 2 rings (SSSR count). The number of hydrogen-bond acceptors (Lipinski definition) is 4. The van der Waals surface area contributed by atoms with Crippen LogP contribution in [0.3, 0.4) is 0 Å². The molecule has 78 valence electrons. The van der Waals surface area contributed by atoms with Crippen molar-refractivity contribution in [2.24, 2.45) is 0 Å². The van der Waals surface area contributed by atoms with Gasteiger partial charge in [-0.15, -0.1) is 22.7 Å². The van der Waals surface area contributed by atoms with Crippen molar-refractivity contribution in [2.75, 3.05) is 0 Å². The van der Waals surface area contributed by atoms with Gasteiger partial charge in [-0.2, -0.15) is 0 Å². The zero-order valence-electron chi connectivity index (χ0n) is 8.19. The van der Waals surface area contributed by atoms with Crippen LogP contribution in [0.25, 0.3) is 0 Å². The Kier molecular flexibility index (Phi) is 3.13. The van der Waals surface area contributed by atoms with Crippen LogP contribution in [-0.4, -0.2) is 10.9 Å². The van der Waals surface area contributed by atoms with Crippen molar-refractivity contribution in [2.45, 2.75) is 13.5 Å². The van der Waals surface area contributed by atoms with Gasteiger partial charge in [0.05, 0.1) is 16.4 Å². The third-order valence-corrected chi connectivity index (χ3v) is 3.62. The van der Waals surface area contributed by atoms with Crippen molar-refractivity contribution >= 4 is 28.6 Å². The Hall–Kier alpha value is -1.20. The molecule has 1 N–H and O–H groups in total. The average Bonchev–Trinajstić information content (AvgIpc) is 2.84. The van der Waals surface area contributed by atoms with E-state index < -0.39 is 0 Å². The Morgan fingerprint density at radius 3 is 3.07 bits per heavy atom. The highest BCUT2D eigenvalue weighted by Gasteiger charge is 2.06. The monoisotopic (exact) mass is 238 g/mol. The summed E-state index contributed by atoms with van der Waals surface area (Å²) in [7, 11) is 0. The van der Waals surface area contributed by atoms with E-state index in [9.17, 15) is 4.79 Å². The van der Waals surface area contributed by atoms with Crippen LogP contribution >= 0.6 is 22.7 Å². The number of nitrogens with zero attached hydrogens (tertiary/aromatic N) is 1. The molecule has 0 saturated carbocycles. The summed E-state index contributed by atoms with van der Waals surface area (Å²) in [4.78, 5) is 17.5. The van der Waals surface area contributed by atoms with E-state index in [1.165, 1.54) is 11.3 Å². The maximum absolute atomic E-state index is 11.6. The van der Waals surface area contributed by atoms with E-state index in [-0.39, 0.29) is 5.91 Å². The first-order valence-electron chi connectivity index (χ1n) is 4.49. The van der Waals surface area contributed by atoms with E-state index in [1.54, 1.807) is 17.5 Å². The van der Waals surface area contributed by atoms with Gasteiger partial charge in [0.15, 0.2) is 0 Å². The first-order valence-corrected chi connectivity index (χ1v) is 6.18. The predicted molar refractivity (Wildman–Crippen MR) is 62.3 cm³/mol. The van der Waals surface area contributed by atoms with Crippen LogP contribution in [0.15, 0.2) is 23.7 Å². The fourth-order valence-corrected chi connectivity index (χ4v) is 2.52. The molecule has 0 aliphatic rings. The lowest BCUT2D eigenvalue weighted by Gasteiger charge is -1.99. The molecule has 0 spiro atoms. The van der Waals surface area contributed by atoms with Crippen LogP contribution in [0.4, 0.5) is 0 Å². The van der Waals surface area contributed by atoms with Crippen LogP contribution < -0.4 is 5.32 Å². The predicted octanol–water partition coefficient (Wildman–Crippen LogP) is 2.44. The van der Waals surface area contributed by atoms with Crippen LogP contribution in [-0.2, 0) is 6.54 Å². The largest absolute Gasteiger partial charge is 0.346 e. The van der Waals surface area contributed by atoms with Gasteiger partial charge in [0.25, 0.3) is 5.91 Å². The van der Waals surface area contributed by atoms with Crippen molar-refractivity contribution in [1.82, 2.24) is 10.3 Å². The molecule has 0 atom stereocenters. The Morgan fingerprint density at radius 2 is 2.47 bits per heavy atom. The van der Waals surface area contributed by atoms with E-state index in [1.807, 2.05) is 24.4 Å². The van der Waals surface area contributed by atoms with Gasteiger partial charge in [-0.3, -0.25) is 4.79 Å². The quantitative estimate of drug-likeness (QED) is 0.892. The molecule has 3 nitrogen and oxygen atoms in total. The van der Waals surface area contributed by atoms with Gasteiger partial charge < -0.3 is 5.32 Å². The maximum atomic E-state index is 11.6. The Labute approximate surface area is 95.8 Å². The third-order valence-electron chi connectivity index (χ3n) is 1.84. The minimum absolute atomic E-state index is 0.0175. The van der Waals surface area contributed by atoms with Gasteiger partial charge in [-0.25, -0.2) is 4.98 Å². The molecule has 0 unspecified atom stereocenters. The number of thiophene rings is 1. The van der Waals surface area contributed by atoms with E-state index in [0.717, 1.165) is 14.8 Å². The Balaban J connectivity index is 1.91. The fourth-order valence-electron chi connectivity index (χ4n) is 1.15. The standard InChI is InChI=1S/C10H10N2OS2/c1-7-11-5-8(15-7)6-12-10(13)9-3-2-4-14-9/h2-5H,6H2,1H3,(H,12,13). The molecule has 2 heterocycles. The van der Waals surface area contributed by atoms with E-state index in [2.05, 4.69) is 10.3 Å². The molecule has 0 fully saturated rings. The summed E-state index contributed by atoms with van der Waals surface area (Å²) >= 11 is 3.05. The maximum Gasteiger partial charge on any atom is 0.261 e. The number of aryl methyl sites for hydroxylation is 1. The SMILES string of the molecule is Cc1ncc(CNC(=O)c2cccs2)s1. The molecule has 2 aromatic heterocycles. The van der Waals surface area contributed by atoms with Crippen molar-refractivity contribution < 1.29 is 4.79 Å². The third kappa shape index (κ3) is 2.64. The number of carbonyl (C=O) groups excluding carboxylic acids is 1. The highest BCUT2D eigenvalue weighted by atomic mass is 32.1. The van der Waals surface area contributed by atoms with Gasteiger partial charge >= 0.3 is 0 Å². The molecule has 0 aliphatic heterocycles. The summed E-state index contributed by atoms with van der Waals surface area (Å²) in [6, 6.07) is 3.69. The lowest BCUT2D eigenvalue weighted by molar-refractivity contribution is 0.0955. The van der Waals surface area contributed by atoms with Gasteiger partial charge in [0.1, 0.15) is 0 Å². The van der Waals surface area contributed by atoms with Crippen LogP contribution in [0.5, 0.6) is 0 Å².